The van der Waals surface area contributed by atoms with Gasteiger partial charge in [0.25, 0.3) is 0 Å². The zero-order valence-corrected chi connectivity index (χ0v) is 12.6. The first-order chi connectivity index (χ1) is 9.06. The number of hydrogen-bond acceptors (Lipinski definition) is 1. The topological polar surface area (TPSA) is 12.0 Å². The van der Waals surface area contributed by atoms with Gasteiger partial charge >= 0.3 is 0 Å². The van der Waals surface area contributed by atoms with Gasteiger partial charge in [-0.3, -0.25) is 0 Å². The molecule has 0 aliphatic heterocycles. The highest BCUT2D eigenvalue weighted by atomic mass is 14.9. The molecule has 1 N–H and O–H groups in total. The van der Waals surface area contributed by atoms with Crippen molar-refractivity contribution in [1.29, 1.82) is 0 Å². The highest BCUT2D eigenvalue weighted by molar-refractivity contribution is 5.23. The van der Waals surface area contributed by atoms with E-state index in [0.29, 0.717) is 6.04 Å². The third kappa shape index (κ3) is 5.94. The molecule has 1 aromatic rings. The molecule has 1 heteroatoms. The minimum atomic E-state index is 0.215. The summed E-state index contributed by atoms with van der Waals surface area (Å²) in [7, 11) is 0. The molecule has 1 atom stereocenters. The number of terminal acetylenes is 1. The van der Waals surface area contributed by atoms with Crippen molar-refractivity contribution in [3.8, 4) is 12.3 Å². The molecule has 0 aromatic heterocycles. The van der Waals surface area contributed by atoms with Crippen molar-refractivity contribution in [3.63, 3.8) is 0 Å². The molecule has 0 aliphatic rings. The van der Waals surface area contributed by atoms with Crippen molar-refractivity contribution in [2.24, 2.45) is 0 Å². The summed E-state index contributed by atoms with van der Waals surface area (Å²) in [6.07, 6.45) is 9.58. The van der Waals surface area contributed by atoms with Gasteiger partial charge in [0.15, 0.2) is 0 Å². The molecular formula is C18H27N. The molecule has 0 aliphatic carbocycles. The third-order valence-corrected chi connectivity index (χ3v) is 3.61. The third-order valence-electron chi connectivity index (χ3n) is 3.61. The summed E-state index contributed by atoms with van der Waals surface area (Å²) in [5, 5.41) is 3.60. The molecule has 1 nitrogen and oxygen atoms in total. The van der Waals surface area contributed by atoms with E-state index in [-0.39, 0.29) is 5.41 Å². The molecule has 0 amide bonds. The lowest BCUT2D eigenvalue weighted by Crippen LogP contribution is -2.33. The maximum absolute atomic E-state index is 5.25. The molecule has 0 bridgehead atoms. The molecule has 104 valence electrons. The lowest BCUT2D eigenvalue weighted by Gasteiger charge is -2.29. The number of unbranched alkanes of at least 4 members (excludes halogenated alkanes) is 2. The van der Waals surface area contributed by atoms with Crippen molar-refractivity contribution in [2.45, 2.75) is 57.9 Å². The van der Waals surface area contributed by atoms with E-state index in [1.54, 1.807) is 0 Å². The van der Waals surface area contributed by atoms with Gasteiger partial charge in [-0.1, -0.05) is 44.2 Å². The second kappa shape index (κ2) is 8.02. The second-order valence-corrected chi connectivity index (χ2v) is 5.97. The van der Waals surface area contributed by atoms with Crippen LogP contribution in [0.15, 0.2) is 30.3 Å². The van der Waals surface area contributed by atoms with Crippen molar-refractivity contribution >= 4 is 0 Å². The largest absolute Gasteiger partial charge is 0.314 e. The van der Waals surface area contributed by atoms with E-state index in [0.717, 1.165) is 25.8 Å². The average molecular weight is 257 g/mol. The molecule has 1 aromatic carbocycles. The Morgan fingerprint density at radius 2 is 1.89 bits per heavy atom. The first-order valence-corrected chi connectivity index (χ1v) is 7.28. The van der Waals surface area contributed by atoms with Crippen molar-refractivity contribution < 1.29 is 0 Å². The van der Waals surface area contributed by atoms with Crippen LogP contribution in [0.4, 0.5) is 0 Å². The second-order valence-electron chi connectivity index (χ2n) is 5.97. The van der Waals surface area contributed by atoms with Gasteiger partial charge < -0.3 is 5.32 Å². The summed E-state index contributed by atoms with van der Waals surface area (Å²) < 4.78 is 0. The SMILES string of the molecule is C#CCCCCNC(C)CC(C)(C)c1ccccc1. The fourth-order valence-electron chi connectivity index (χ4n) is 2.55. The van der Waals surface area contributed by atoms with Gasteiger partial charge in [0, 0.05) is 12.5 Å². The Morgan fingerprint density at radius 3 is 2.53 bits per heavy atom. The minimum Gasteiger partial charge on any atom is -0.314 e. The Morgan fingerprint density at radius 1 is 1.21 bits per heavy atom. The zero-order valence-electron chi connectivity index (χ0n) is 12.6. The van der Waals surface area contributed by atoms with E-state index < -0.39 is 0 Å². The Balaban J connectivity index is 2.35. The maximum Gasteiger partial charge on any atom is 0.00865 e. The van der Waals surface area contributed by atoms with Crippen LogP contribution in [0.25, 0.3) is 0 Å². The molecule has 0 fully saturated rings. The smallest absolute Gasteiger partial charge is 0.00865 e. The Bertz CT molecular complexity index is 386. The Labute approximate surface area is 118 Å². The van der Waals surface area contributed by atoms with Crippen LogP contribution in [0.2, 0.25) is 0 Å². The number of benzene rings is 1. The van der Waals surface area contributed by atoms with Gasteiger partial charge in [-0.25, -0.2) is 0 Å². The quantitative estimate of drug-likeness (QED) is 0.545. The summed E-state index contributed by atoms with van der Waals surface area (Å²) in [5.41, 5.74) is 1.63. The van der Waals surface area contributed by atoms with Gasteiger partial charge in [-0.05, 0) is 43.7 Å². The fraction of sp³-hybridized carbons (Fsp3) is 0.556. The van der Waals surface area contributed by atoms with Crippen LogP contribution in [0.1, 0.15) is 52.0 Å². The number of rotatable bonds is 8. The van der Waals surface area contributed by atoms with E-state index in [2.05, 4.69) is 62.3 Å². The highest BCUT2D eigenvalue weighted by Gasteiger charge is 2.22. The van der Waals surface area contributed by atoms with Crippen LogP contribution in [0.5, 0.6) is 0 Å². The standard InChI is InChI=1S/C18H27N/c1-5-6-7-11-14-19-16(2)15-18(3,4)17-12-9-8-10-13-17/h1,8-10,12-13,16,19H,6-7,11,14-15H2,2-4H3. The first kappa shape index (κ1) is 15.8. The molecule has 0 spiro atoms. The number of hydrogen-bond donors (Lipinski definition) is 1. The summed E-state index contributed by atoms with van der Waals surface area (Å²) >= 11 is 0. The normalized spacial score (nSPS) is 12.9. The van der Waals surface area contributed by atoms with E-state index in [1.807, 2.05) is 0 Å². The van der Waals surface area contributed by atoms with E-state index in [9.17, 15) is 0 Å². The monoisotopic (exact) mass is 257 g/mol. The van der Waals surface area contributed by atoms with Crippen LogP contribution >= 0.6 is 0 Å². The molecule has 0 heterocycles. The lowest BCUT2D eigenvalue weighted by molar-refractivity contribution is 0.387. The van der Waals surface area contributed by atoms with E-state index in [1.165, 1.54) is 12.0 Å². The van der Waals surface area contributed by atoms with Crippen LogP contribution in [-0.4, -0.2) is 12.6 Å². The summed E-state index contributed by atoms with van der Waals surface area (Å²) in [5.74, 6) is 2.69. The molecule has 1 rings (SSSR count). The highest BCUT2D eigenvalue weighted by Crippen LogP contribution is 2.28. The lowest BCUT2D eigenvalue weighted by atomic mass is 9.79. The Kier molecular flexibility index (Phi) is 6.67. The molecule has 1 unspecified atom stereocenters. The average Bonchev–Trinajstić information content (AvgIpc) is 2.39. The van der Waals surface area contributed by atoms with Crippen molar-refractivity contribution in [2.75, 3.05) is 6.54 Å². The van der Waals surface area contributed by atoms with Gasteiger partial charge in [0.2, 0.25) is 0 Å². The van der Waals surface area contributed by atoms with E-state index in [4.69, 9.17) is 6.42 Å². The minimum absolute atomic E-state index is 0.215. The van der Waals surface area contributed by atoms with Crippen LogP contribution < -0.4 is 5.32 Å². The maximum atomic E-state index is 5.25. The van der Waals surface area contributed by atoms with Crippen LogP contribution in [0, 0.1) is 12.3 Å². The zero-order chi connectivity index (χ0) is 14.1. The molecule has 0 radical (unpaired) electrons. The van der Waals surface area contributed by atoms with Crippen LogP contribution in [-0.2, 0) is 5.41 Å². The molecular weight excluding hydrogens is 230 g/mol. The van der Waals surface area contributed by atoms with Gasteiger partial charge in [-0.15, -0.1) is 12.3 Å². The predicted molar refractivity (Wildman–Crippen MR) is 84.2 cm³/mol. The summed E-state index contributed by atoms with van der Waals surface area (Å²) in [4.78, 5) is 0. The Hall–Kier alpha value is -1.26. The summed E-state index contributed by atoms with van der Waals surface area (Å²) in [6, 6.07) is 11.3. The van der Waals surface area contributed by atoms with Gasteiger partial charge in [0.05, 0.1) is 0 Å². The fourth-order valence-corrected chi connectivity index (χ4v) is 2.55. The predicted octanol–water partition coefficient (Wildman–Crippen LogP) is 4.14. The summed E-state index contributed by atoms with van der Waals surface area (Å²) in [6.45, 7) is 7.97. The van der Waals surface area contributed by atoms with Gasteiger partial charge in [-0.2, -0.15) is 0 Å². The van der Waals surface area contributed by atoms with Crippen molar-refractivity contribution in [3.05, 3.63) is 35.9 Å². The molecule has 19 heavy (non-hydrogen) atoms. The number of nitrogens with one attached hydrogen (secondary N) is 1. The van der Waals surface area contributed by atoms with Crippen LogP contribution in [0.3, 0.4) is 0 Å². The van der Waals surface area contributed by atoms with E-state index >= 15 is 0 Å². The first-order valence-electron chi connectivity index (χ1n) is 7.28. The molecule has 0 saturated heterocycles. The molecule has 0 saturated carbocycles. The van der Waals surface area contributed by atoms with Gasteiger partial charge in [0.1, 0.15) is 0 Å². The van der Waals surface area contributed by atoms with Crippen molar-refractivity contribution in [1.82, 2.24) is 5.32 Å².